The largest absolute Gasteiger partial charge is 0.469 e. The van der Waals surface area contributed by atoms with Crippen LogP contribution in [0.5, 0.6) is 0 Å². The lowest BCUT2D eigenvalue weighted by atomic mass is 9.36. The topological polar surface area (TPSA) is 26.3 Å². The molecule has 0 saturated heterocycles. The summed E-state index contributed by atoms with van der Waals surface area (Å²) in [6, 6.07) is 0. The van der Waals surface area contributed by atoms with E-state index in [0.717, 1.165) is 12.3 Å². The molecule has 0 aromatic heterocycles. The predicted octanol–water partition coefficient (Wildman–Crippen LogP) is 8.60. The molecule has 0 aliphatic heterocycles. The van der Waals surface area contributed by atoms with E-state index in [9.17, 15) is 4.79 Å². The van der Waals surface area contributed by atoms with E-state index in [-0.39, 0.29) is 16.8 Å². The van der Waals surface area contributed by atoms with E-state index in [4.69, 9.17) is 4.74 Å². The van der Waals surface area contributed by atoms with Crippen LogP contribution in [0.1, 0.15) is 120 Å². The summed E-state index contributed by atoms with van der Waals surface area (Å²) in [7, 11) is 1.54. The quantitative estimate of drug-likeness (QED) is 0.313. The van der Waals surface area contributed by atoms with Crippen molar-refractivity contribution < 1.29 is 9.53 Å². The Labute approximate surface area is 204 Å². The zero-order valence-corrected chi connectivity index (χ0v) is 23.3. The molecule has 3 saturated carbocycles. The Morgan fingerprint density at radius 2 is 1.61 bits per heavy atom. The van der Waals surface area contributed by atoms with E-state index in [2.05, 4.69) is 61.5 Å². The van der Waals surface area contributed by atoms with Crippen molar-refractivity contribution in [2.75, 3.05) is 7.11 Å². The maximum absolute atomic E-state index is 12.2. The Morgan fingerprint density at radius 1 is 0.970 bits per heavy atom. The summed E-state index contributed by atoms with van der Waals surface area (Å²) in [4.78, 5) is 12.2. The first kappa shape index (κ1) is 25.3. The first-order valence-electron chi connectivity index (χ1n) is 14.0. The third-order valence-corrected chi connectivity index (χ3v) is 12.0. The molecule has 0 spiro atoms. The van der Waals surface area contributed by atoms with Crippen molar-refractivity contribution in [1.82, 2.24) is 0 Å². The van der Waals surface area contributed by atoms with Crippen LogP contribution in [0.3, 0.4) is 0 Å². The fourth-order valence-electron chi connectivity index (χ4n) is 10.2. The summed E-state index contributed by atoms with van der Waals surface area (Å²) in [5.74, 6) is 2.77. The van der Waals surface area contributed by atoms with Crippen LogP contribution in [0.4, 0.5) is 0 Å². The second-order valence-corrected chi connectivity index (χ2v) is 14.8. The zero-order valence-electron chi connectivity index (χ0n) is 23.3. The van der Waals surface area contributed by atoms with Crippen molar-refractivity contribution in [3.8, 4) is 0 Å². The molecule has 0 aromatic carbocycles. The Kier molecular flexibility index (Phi) is 6.23. The van der Waals surface area contributed by atoms with E-state index in [1.54, 1.807) is 0 Å². The van der Waals surface area contributed by atoms with E-state index in [1.165, 1.54) is 58.5 Å². The minimum absolute atomic E-state index is 0.0382. The normalized spacial score (nSPS) is 46.6. The number of carbonyl (C=O) groups is 1. The van der Waals surface area contributed by atoms with Crippen LogP contribution in [-0.2, 0) is 9.53 Å². The fraction of sp³-hybridized carbons (Fsp3) is 0.903. The Hall–Kier alpha value is -0.790. The Morgan fingerprint density at radius 3 is 2.24 bits per heavy atom. The summed E-state index contributed by atoms with van der Waals surface area (Å²) in [6.07, 6.45) is 15.0. The molecule has 33 heavy (non-hydrogen) atoms. The molecule has 0 bridgehead atoms. The van der Waals surface area contributed by atoms with Gasteiger partial charge in [0.15, 0.2) is 0 Å². The third-order valence-electron chi connectivity index (χ3n) is 12.0. The molecule has 0 amide bonds. The zero-order chi connectivity index (χ0) is 24.4. The van der Waals surface area contributed by atoms with Gasteiger partial charge < -0.3 is 4.74 Å². The number of esters is 1. The van der Waals surface area contributed by atoms with E-state index in [0.29, 0.717) is 40.4 Å². The van der Waals surface area contributed by atoms with Crippen LogP contribution < -0.4 is 0 Å². The van der Waals surface area contributed by atoms with Gasteiger partial charge in [-0.3, -0.25) is 4.79 Å². The lowest BCUT2D eigenvalue weighted by molar-refractivity contribution is -0.147. The number of allylic oxidation sites excluding steroid dienone is 2. The van der Waals surface area contributed by atoms with Crippen LogP contribution in [0.25, 0.3) is 0 Å². The molecule has 3 fully saturated rings. The van der Waals surface area contributed by atoms with Gasteiger partial charge >= 0.3 is 5.97 Å². The summed E-state index contributed by atoms with van der Waals surface area (Å²) in [5, 5.41) is 0. The maximum Gasteiger partial charge on any atom is 0.305 e. The van der Waals surface area contributed by atoms with Gasteiger partial charge in [-0.2, -0.15) is 0 Å². The van der Waals surface area contributed by atoms with Crippen LogP contribution in [0, 0.1) is 50.7 Å². The molecular weight excluding hydrogens is 404 g/mol. The van der Waals surface area contributed by atoms with Crippen LogP contribution in [-0.4, -0.2) is 13.1 Å². The van der Waals surface area contributed by atoms with E-state index in [1.807, 2.05) is 5.57 Å². The van der Waals surface area contributed by atoms with Crippen molar-refractivity contribution in [3.05, 3.63) is 11.6 Å². The molecule has 0 aromatic rings. The molecule has 0 heterocycles. The SMILES string of the molecule is COC(=O)CC[C@]1(C)[C@H]2CC[C@]3(C)C(=CC[C@@]4(C)CCC(C)(C)C[C@H]43)[C@]2(C)CC[C@H]1C(C)C. The van der Waals surface area contributed by atoms with Gasteiger partial charge in [-0.05, 0) is 109 Å². The first-order chi connectivity index (χ1) is 15.2. The lowest BCUT2D eigenvalue weighted by Gasteiger charge is -2.68. The highest BCUT2D eigenvalue weighted by atomic mass is 16.5. The molecule has 2 nitrogen and oxygen atoms in total. The van der Waals surface area contributed by atoms with Crippen LogP contribution in [0.2, 0.25) is 0 Å². The van der Waals surface area contributed by atoms with Gasteiger partial charge in [-0.15, -0.1) is 0 Å². The number of hydrogen-bond acceptors (Lipinski definition) is 2. The average molecular weight is 457 g/mol. The van der Waals surface area contributed by atoms with Crippen molar-refractivity contribution in [3.63, 3.8) is 0 Å². The number of fused-ring (bicyclic) bond motifs is 5. The van der Waals surface area contributed by atoms with Gasteiger partial charge in [0.2, 0.25) is 0 Å². The van der Waals surface area contributed by atoms with Gasteiger partial charge in [0.25, 0.3) is 0 Å². The minimum Gasteiger partial charge on any atom is -0.469 e. The molecule has 4 aliphatic carbocycles. The van der Waals surface area contributed by atoms with Gasteiger partial charge in [-0.25, -0.2) is 0 Å². The molecule has 2 heteroatoms. The van der Waals surface area contributed by atoms with Crippen molar-refractivity contribution >= 4 is 5.97 Å². The number of ether oxygens (including phenoxy) is 1. The molecule has 7 atom stereocenters. The molecule has 188 valence electrons. The predicted molar refractivity (Wildman–Crippen MR) is 138 cm³/mol. The molecule has 4 aliphatic rings. The number of methoxy groups -OCH3 is 1. The van der Waals surface area contributed by atoms with Crippen molar-refractivity contribution in [2.24, 2.45) is 50.7 Å². The minimum atomic E-state index is -0.0382. The van der Waals surface area contributed by atoms with Crippen LogP contribution in [0.15, 0.2) is 11.6 Å². The summed E-state index contributed by atoms with van der Waals surface area (Å²) >= 11 is 0. The van der Waals surface area contributed by atoms with E-state index >= 15 is 0 Å². The fourth-order valence-corrected chi connectivity index (χ4v) is 10.2. The number of rotatable bonds is 4. The highest BCUT2D eigenvalue weighted by Crippen LogP contribution is 2.73. The highest BCUT2D eigenvalue weighted by Gasteiger charge is 2.64. The van der Waals surface area contributed by atoms with Gasteiger partial charge in [0.1, 0.15) is 0 Å². The lowest BCUT2D eigenvalue weighted by Crippen LogP contribution is -2.59. The first-order valence-corrected chi connectivity index (χ1v) is 14.0. The highest BCUT2D eigenvalue weighted by molar-refractivity contribution is 5.69. The standard InChI is InChI=1S/C31H52O2/c1-21(2)22-10-15-30(7)23(29(22,6)17-13-26(32)33-9)12-16-31(8)24(30)11-14-28(5)19-18-27(3,4)20-25(28)31/h11,21-23,25H,10,12-20H2,1-9H3/t22-,23+,25+,28-,29-,30+,31+/m0/s1. The van der Waals surface area contributed by atoms with Crippen LogP contribution >= 0.6 is 0 Å². The van der Waals surface area contributed by atoms with Gasteiger partial charge in [-0.1, -0.05) is 67.0 Å². The smallest absolute Gasteiger partial charge is 0.305 e. The summed E-state index contributed by atoms with van der Waals surface area (Å²) in [5.41, 5.74) is 3.57. The second-order valence-electron chi connectivity index (χ2n) is 14.8. The molecule has 0 N–H and O–H groups in total. The summed E-state index contributed by atoms with van der Waals surface area (Å²) in [6.45, 7) is 20.3. The Balaban J connectivity index is 1.74. The average Bonchev–Trinajstić information content (AvgIpc) is 2.72. The summed E-state index contributed by atoms with van der Waals surface area (Å²) < 4.78 is 5.08. The number of hydrogen-bond donors (Lipinski definition) is 0. The van der Waals surface area contributed by atoms with Gasteiger partial charge in [0.05, 0.1) is 7.11 Å². The monoisotopic (exact) mass is 456 g/mol. The Bertz CT molecular complexity index is 808. The molecule has 0 unspecified atom stereocenters. The molecule has 0 radical (unpaired) electrons. The maximum atomic E-state index is 12.2. The van der Waals surface area contributed by atoms with Gasteiger partial charge in [0, 0.05) is 6.42 Å². The second kappa shape index (κ2) is 8.12. The third kappa shape index (κ3) is 3.85. The molecule has 4 rings (SSSR count). The molecular formula is C31H52O2. The van der Waals surface area contributed by atoms with Crippen molar-refractivity contribution in [1.29, 1.82) is 0 Å². The number of carbonyl (C=O) groups excluding carboxylic acids is 1. The van der Waals surface area contributed by atoms with E-state index < -0.39 is 0 Å². The van der Waals surface area contributed by atoms with Crippen molar-refractivity contribution in [2.45, 2.75) is 120 Å².